The van der Waals surface area contributed by atoms with E-state index in [1.54, 1.807) is 4.90 Å². The summed E-state index contributed by atoms with van der Waals surface area (Å²) in [4.78, 5) is 1.71. The van der Waals surface area contributed by atoms with Gasteiger partial charge in [0.1, 0.15) is 17.3 Å². The summed E-state index contributed by atoms with van der Waals surface area (Å²) in [6.45, 7) is 7.19. The Kier molecular flexibility index (Phi) is 4.14. The van der Waals surface area contributed by atoms with Gasteiger partial charge in [-0.05, 0) is 29.5 Å². The lowest BCUT2D eigenvalue weighted by Gasteiger charge is -2.33. The van der Waals surface area contributed by atoms with E-state index in [9.17, 15) is 8.78 Å². The van der Waals surface area contributed by atoms with Crippen molar-refractivity contribution in [1.82, 2.24) is 0 Å². The lowest BCUT2D eigenvalue weighted by Crippen LogP contribution is -2.32. The molecule has 0 aliphatic carbocycles. The molecule has 0 radical (unpaired) electrons. The maximum atomic E-state index is 14.0. The molecule has 2 nitrogen and oxygen atoms in total. The first kappa shape index (κ1) is 15.0. The minimum Gasteiger partial charge on any atom is -0.392 e. The molecule has 1 aliphatic heterocycles. The second-order valence-corrected chi connectivity index (χ2v) is 6.24. The van der Waals surface area contributed by atoms with Crippen molar-refractivity contribution in [3.05, 3.63) is 41.0 Å². The molecule has 0 amide bonds. The molecule has 0 fully saturated rings. The third-order valence-electron chi connectivity index (χ3n) is 3.75. The van der Waals surface area contributed by atoms with E-state index in [4.69, 9.17) is 5.11 Å². The highest BCUT2D eigenvalue weighted by molar-refractivity contribution is 5.52. The van der Waals surface area contributed by atoms with E-state index >= 15 is 0 Å². The van der Waals surface area contributed by atoms with Gasteiger partial charge < -0.3 is 10.0 Å². The van der Waals surface area contributed by atoms with Crippen LogP contribution in [-0.4, -0.2) is 18.2 Å². The van der Waals surface area contributed by atoms with Gasteiger partial charge in [-0.1, -0.05) is 32.4 Å². The van der Waals surface area contributed by atoms with E-state index in [-0.39, 0.29) is 23.3 Å². The Bertz CT molecular complexity index is 509. The van der Waals surface area contributed by atoms with Crippen LogP contribution >= 0.6 is 0 Å². The second-order valence-electron chi connectivity index (χ2n) is 6.24. The van der Waals surface area contributed by atoms with Crippen LogP contribution in [0.25, 0.3) is 0 Å². The molecule has 1 aromatic carbocycles. The van der Waals surface area contributed by atoms with E-state index in [0.717, 1.165) is 6.42 Å². The maximum Gasteiger partial charge on any atom is 0.149 e. The van der Waals surface area contributed by atoms with Crippen molar-refractivity contribution in [3.63, 3.8) is 0 Å². The smallest absolute Gasteiger partial charge is 0.149 e. The molecule has 0 saturated carbocycles. The number of hydrogen-bond acceptors (Lipinski definition) is 2. The quantitative estimate of drug-likeness (QED) is 0.837. The van der Waals surface area contributed by atoms with Crippen LogP contribution < -0.4 is 4.90 Å². The first-order chi connectivity index (χ1) is 9.32. The molecule has 110 valence electrons. The van der Waals surface area contributed by atoms with Gasteiger partial charge in [-0.25, -0.2) is 8.78 Å². The first-order valence-electron chi connectivity index (χ1n) is 6.86. The number of benzene rings is 1. The number of halogens is 2. The van der Waals surface area contributed by atoms with Gasteiger partial charge in [-0.2, -0.15) is 0 Å². The Morgan fingerprint density at radius 2 is 1.80 bits per heavy atom. The Hall–Kier alpha value is -1.42. The molecule has 20 heavy (non-hydrogen) atoms. The molecule has 1 aliphatic rings. The van der Waals surface area contributed by atoms with Gasteiger partial charge in [0.2, 0.25) is 0 Å². The zero-order chi connectivity index (χ0) is 14.9. The average Bonchev–Trinajstić information content (AvgIpc) is 2.37. The van der Waals surface area contributed by atoms with Crippen LogP contribution in [0.2, 0.25) is 0 Å². The van der Waals surface area contributed by atoms with Crippen LogP contribution in [0.1, 0.15) is 32.8 Å². The summed E-state index contributed by atoms with van der Waals surface area (Å²) in [5.41, 5.74) is 1.68. The average molecular weight is 281 g/mol. The van der Waals surface area contributed by atoms with Gasteiger partial charge in [0.25, 0.3) is 0 Å². The molecule has 0 aromatic heterocycles. The monoisotopic (exact) mass is 281 g/mol. The number of nitrogens with zero attached hydrogens (tertiary/aromatic N) is 1. The predicted molar refractivity (Wildman–Crippen MR) is 76.6 cm³/mol. The first-order valence-corrected chi connectivity index (χ1v) is 6.86. The van der Waals surface area contributed by atoms with Gasteiger partial charge in [0.05, 0.1) is 6.61 Å². The molecule has 0 saturated heterocycles. The summed E-state index contributed by atoms with van der Waals surface area (Å²) < 4.78 is 28.0. The largest absolute Gasteiger partial charge is 0.392 e. The van der Waals surface area contributed by atoms with Crippen LogP contribution in [0.4, 0.5) is 14.5 Å². The SMILES string of the molecule is CC(C)(C)C1=CCN(c2c(F)cc(CO)cc2F)CC1. The van der Waals surface area contributed by atoms with Gasteiger partial charge in [-0.3, -0.25) is 0 Å². The van der Waals surface area contributed by atoms with Crippen molar-refractivity contribution in [1.29, 1.82) is 0 Å². The Morgan fingerprint density at radius 1 is 1.20 bits per heavy atom. The zero-order valence-corrected chi connectivity index (χ0v) is 12.2. The topological polar surface area (TPSA) is 23.5 Å². The Labute approximate surface area is 118 Å². The standard InChI is InChI=1S/C16H21F2NO/c1-16(2,3)12-4-6-19(7-5-12)15-13(17)8-11(10-20)9-14(15)18/h4,8-9,20H,5-7,10H2,1-3H3. The van der Waals surface area contributed by atoms with Gasteiger partial charge >= 0.3 is 0 Å². The fourth-order valence-electron chi connectivity index (χ4n) is 2.56. The molecular formula is C16H21F2NO. The number of hydrogen-bond donors (Lipinski definition) is 1. The van der Waals surface area contributed by atoms with E-state index in [1.807, 2.05) is 0 Å². The summed E-state index contributed by atoms with van der Waals surface area (Å²) in [7, 11) is 0. The van der Waals surface area contributed by atoms with Gasteiger partial charge in [0, 0.05) is 13.1 Å². The Balaban J connectivity index is 2.25. The van der Waals surface area contributed by atoms with Crippen LogP contribution in [0.3, 0.4) is 0 Å². The number of rotatable bonds is 2. The third-order valence-corrected chi connectivity index (χ3v) is 3.75. The summed E-state index contributed by atoms with van der Waals surface area (Å²) in [5, 5.41) is 8.96. The summed E-state index contributed by atoms with van der Waals surface area (Å²) in [5.74, 6) is -1.22. The fourth-order valence-corrected chi connectivity index (χ4v) is 2.56. The van der Waals surface area contributed by atoms with Crippen molar-refractivity contribution >= 4 is 5.69 Å². The molecule has 1 aromatic rings. The van der Waals surface area contributed by atoms with Crippen LogP contribution in [0.15, 0.2) is 23.8 Å². The zero-order valence-electron chi connectivity index (χ0n) is 12.2. The van der Waals surface area contributed by atoms with Crippen LogP contribution in [0.5, 0.6) is 0 Å². The Morgan fingerprint density at radius 3 is 2.20 bits per heavy atom. The summed E-state index contributed by atoms with van der Waals surface area (Å²) in [6, 6.07) is 2.39. The molecule has 2 rings (SSSR count). The second kappa shape index (κ2) is 5.52. The van der Waals surface area contributed by atoms with E-state index < -0.39 is 11.6 Å². The molecular weight excluding hydrogens is 260 g/mol. The van der Waals surface area contributed by atoms with Crippen molar-refractivity contribution in [2.24, 2.45) is 5.41 Å². The summed E-state index contributed by atoms with van der Waals surface area (Å²) >= 11 is 0. The third kappa shape index (κ3) is 3.01. The highest BCUT2D eigenvalue weighted by atomic mass is 19.1. The minimum atomic E-state index is -0.610. The highest BCUT2D eigenvalue weighted by Crippen LogP contribution is 2.33. The van der Waals surface area contributed by atoms with Gasteiger partial charge in [-0.15, -0.1) is 0 Å². The van der Waals surface area contributed by atoms with Crippen molar-refractivity contribution < 1.29 is 13.9 Å². The minimum absolute atomic E-state index is 0.00593. The molecule has 4 heteroatoms. The van der Waals surface area contributed by atoms with E-state index in [1.165, 1.54) is 17.7 Å². The van der Waals surface area contributed by atoms with E-state index in [2.05, 4.69) is 26.8 Å². The predicted octanol–water partition coefficient (Wildman–Crippen LogP) is 3.64. The molecule has 1 heterocycles. The van der Waals surface area contributed by atoms with E-state index in [0.29, 0.717) is 13.1 Å². The molecule has 0 spiro atoms. The molecule has 0 atom stereocenters. The molecule has 0 unspecified atom stereocenters. The van der Waals surface area contributed by atoms with Crippen LogP contribution in [-0.2, 0) is 6.61 Å². The highest BCUT2D eigenvalue weighted by Gasteiger charge is 2.24. The maximum absolute atomic E-state index is 14.0. The summed E-state index contributed by atoms with van der Waals surface area (Å²) in [6.07, 6.45) is 2.87. The number of anilines is 1. The van der Waals surface area contributed by atoms with Crippen LogP contribution in [0, 0.1) is 17.0 Å². The van der Waals surface area contributed by atoms with Crippen molar-refractivity contribution in [2.75, 3.05) is 18.0 Å². The lowest BCUT2D eigenvalue weighted by atomic mass is 9.83. The normalized spacial score (nSPS) is 16.3. The van der Waals surface area contributed by atoms with Crippen molar-refractivity contribution in [2.45, 2.75) is 33.8 Å². The molecule has 1 N–H and O–H groups in total. The lowest BCUT2D eigenvalue weighted by molar-refractivity contribution is 0.280. The van der Waals surface area contributed by atoms with Gasteiger partial charge in [0.15, 0.2) is 0 Å². The number of aliphatic hydroxyl groups excluding tert-OH is 1. The number of aliphatic hydroxyl groups is 1. The fraction of sp³-hybridized carbons (Fsp3) is 0.500. The van der Waals surface area contributed by atoms with Crippen molar-refractivity contribution in [3.8, 4) is 0 Å². The molecule has 0 bridgehead atoms.